The van der Waals surface area contributed by atoms with Crippen LogP contribution in [0.5, 0.6) is 0 Å². The van der Waals surface area contributed by atoms with Crippen molar-refractivity contribution in [2.24, 2.45) is 11.7 Å². The van der Waals surface area contributed by atoms with Crippen molar-refractivity contribution in [2.75, 3.05) is 25.5 Å². The molecule has 1 fully saturated rings. The highest BCUT2D eigenvalue weighted by Crippen LogP contribution is 2.23. The first-order valence-electron chi connectivity index (χ1n) is 6.56. The van der Waals surface area contributed by atoms with E-state index in [9.17, 15) is 9.59 Å². The maximum absolute atomic E-state index is 12.2. The van der Waals surface area contributed by atoms with Crippen molar-refractivity contribution in [2.45, 2.75) is 12.8 Å². The number of nitrogens with zero attached hydrogens (tertiary/aromatic N) is 1. The molecule has 0 aromatic heterocycles. The molecule has 2 rings (SSSR count). The molecule has 1 saturated heterocycles. The van der Waals surface area contributed by atoms with Gasteiger partial charge in [-0.1, -0.05) is 15.9 Å². The summed E-state index contributed by atoms with van der Waals surface area (Å²) in [6, 6.07) is 5.08. The number of primary amides is 1. The van der Waals surface area contributed by atoms with Crippen LogP contribution in [0, 0.1) is 5.92 Å². The van der Waals surface area contributed by atoms with E-state index in [1.165, 1.54) is 0 Å². The Morgan fingerprint density at radius 2 is 2.00 bits per heavy atom. The Labute approximate surface area is 126 Å². The molecule has 0 atom stereocenters. The van der Waals surface area contributed by atoms with Crippen LogP contribution in [0.3, 0.4) is 0 Å². The standard InChI is InChI=1S/C14H18BrN3O2/c1-18-6-4-9(5-7-18)14(20)17-12-3-2-10(15)8-11(12)13(16)19/h2-3,8-9H,4-7H2,1H3,(H2,16,19)(H,17,20). The number of benzene rings is 1. The summed E-state index contributed by atoms with van der Waals surface area (Å²) in [5.74, 6) is -0.594. The molecule has 20 heavy (non-hydrogen) atoms. The molecule has 0 spiro atoms. The second kappa shape index (κ2) is 6.37. The number of amides is 2. The van der Waals surface area contributed by atoms with E-state index in [0.717, 1.165) is 30.4 Å². The zero-order valence-corrected chi connectivity index (χ0v) is 12.9. The molecule has 0 bridgehead atoms. The first-order valence-corrected chi connectivity index (χ1v) is 7.35. The number of rotatable bonds is 3. The Morgan fingerprint density at radius 3 is 2.60 bits per heavy atom. The third kappa shape index (κ3) is 3.58. The minimum Gasteiger partial charge on any atom is -0.366 e. The number of hydrogen-bond donors (Lipinski definition) is 2. The van der Waals surface area contributed by atoms with Gasteiger partial charge in [0.1, 0.15) is 0 Å². The van der Waals surface area contributed by atoms with Gasteiger partial charge >= 0.3 is 0 Å². The predicted molar refractivity (Wildman–Crippen MR) is 81.5 cm³/mol. The highest BCUT2D eigenvalue weighted by Gasteiger charge is 2.24. The van der Waals surface area contributed by atoms with Gasteiger partial charge in [-0.15, -0.1) is 0 Å². The van der Waals surface area contributed by atoms with Gasteiger partial charge in [-0.25, -0.2) is 0 Å². The number of carbonyl (C=O) groups is 2. The minimum atomic E-state index is -0.551. The summed E-state index contributed by atoms with van der Waals surface area (Å²) >= 11 is 3.29. The molecule has 1 aromatic carbocycles. The topological polar surface area (TPSA) is 75.4 Å². The van der Waals surface area contributed by atoms with E-state index in [-0.39, 0.29) is 11.8 Å². The summed E-state index contributed by atoms with van der Waals surface area (Å²) < 4.78 is 0.753. The van der Waals surface area contributed by atoms with E-state index >= 15 is 0 Å². The van der Waals surface area contributed by atoms with Gasteiger partial charge < -0.3 is 16.0 Å². The molecule has 108 valence electrons. The van der Waals surface area contributed by atoms with Gasteiger partial charge in [-0.05, 0) is 51.2 Å². The second-order valence-electron chi connectivity index (χ2n) is 5.12. The van der Waals surface area contributed by atoms with Crippen molar-refractivity contribution in [1.82, 2.24) is 4.90 Å². The summed E-state index contributed by atoms with van der Waals surface area (Å²) in [7, 11) is 2.05. The van der Waals surface area contributed by atoms with Crippen LogP contribution in [-0.2, 0) is 4.79 Å². The third-order valence-corrected chi connectivity index (χ3v) is 4.09. The van der Waals surface area contributed by atoms with Gasteiger partial charge in [0, 0.05) is 10.4 Å². The van der Waals surface area contributed by atoms with Gasteiger partial charge in [0.15, 0.2) is 0 Å². The van der Waals surface area contributed by atoms with E-state index in [2.05, 4.69) is 26.1 Å². The van der Waals surface area contributed by atoms with E-state index in [0.29, 0.717) is 11.3 Å². The second-order valence-corrected chi connectivity index (χ2v) is 6.04. The van der Waals surface area contributed by atoms with Gasteiger partial charge in [0.25, 0.3) is 5.91 Å². The predicted octanol–water partition coefficient (Wildman–Crippen LogP) is 1.83. The van der Waals surface area contributed by atoms with Gasteiger partial charge in [-0.2, -0.15) is 0 Å². The molecule has 1 aromatic rings. The van der Waals surface area contributed by atoms with Crippen LogP contribution >= 0.6 is 15.9 Å². The number of halogens is 1. The monoisotopic (exact) mass is 339 g/mol. The molecule has 2 amide bonds. The van der Waals surface area contributed by atoms with E-state index < -0.39 is 5.91 Å². The lowest BCUT2D eigenvalue weighted by molar-refractivity contribution is -0.121. The SMILES string of the molecule is CN1CCC(C(=O)Nc2ccc(Br)cc2C(N)=O)CC1. The van der Waals surface area contributed by atoms with Crippen molar-refractivity contribution in [3.8, 4) is 0 Å². The van der Waals surface area contributed by atoms with Crippen LogP contribution in [0.4, 0.5) is 5.69 Å². The number of nitrogens with two attached hydrogens (primary N) is 1. The lowest BCUT2D eigenvalue weighted by Gasteiger charge is -2.28. The van der Waals surface area contributed by atoms with Crippen molar-refractivity contribution in [3.63, 3.8) is 0 Å². The van der Waals surface area contributed by atoms with Gasteiger partial charge in [0.05, 0.1) is 11.3 Å². The summed E-state index contributed by atoms with van der Waals surface area (Å²) in [5, 5.41) is 2.82. The largest absolute Gasteiger partial charge is 0.366 e. The summed E-state index contributed by atoms with van der Waals surface area (Å²) in [4.78, 5) is 25.9. The Bertz CT molecular complexity index is 525. The van der Waals surface area contributed by atoms with Gasteiger partial charge in [0.2, 0.25) is 5.91 Å². The Kier molecular flexibility index (Phi) is 4.77. The number of nitrogens with one attached hydrogen (secondary N) is 1. The highest BCUT2D eigenvalue weighted by molar-refractivity contribution is 9.10. The molecule has 1 heterocycles. The first-order chi connectivity index (χ1) is 9.47. The summed E-state index contributed by atoms with van der Waals surface area (Å²) in [6.45, 7) is 1.84. The molecule has 6 heteroatoms. The molecule has 1 aliphatic rings. The zero-order valence-electron chi connectivity index (χ0n) is 11.4. The normalized spacial score (nSPS) is 16.9. The van der Waals surface area contributed by atoms with Crippen LogP contribution in [0.25, 0.3) is 0 Å². The fraction of sp³-hybridized carbons (Fsp3) is 0.429. The molecule has 0 unspecified atom stereocenters. The number of anilines is 1. The molecule has 5 nitrogen and oxygen atoms in total. The Balaban J connectivity index is 2.10. The van der Waals surface area contributed by atoms with Crippen LogP contribution in [0.15, 0.2) is 22.7 Å². The van der Waals surface area contributed by atoms with Crippen LogP contribution in [0.2, 0.25) is 0 Å². The Morgan fingerprint density at radius 1 is 1.35 bits per heavy atom. The molecular formula is C14H18BrN3O2. The quantitative estimate of drug-likeness (QED) is 0.881. The maximum Gasteiger partial charge on any atom is 0.250 e. The first kappa shape index (κ1) is 15.0. The average molecular weight is 340 g/mol. The molecule has 1 aliphatic heterocycles. The van der Waals surface area contributed by atoms with E-state index in [1.807, 2.05) is 7.05 Å². The van der Waals surface area contributed by atoms with Crippen molar-refractivity contribution in [3.05, 3.63) is 28.2 Å². The molecule has 0 saturated carbocycles. The molecule has 3 N–H and O–H groups in total. The Hall–Kier alpha value is -1.40. The number of hydrogen-bond acceptors (Lipinski definition) is 3. The number of likely N-dealkylation sites (tertiary alicyclic amines) is 1. The number of piperidine rings is 1. The lowest BCUT2D eigenvalue weighted by atomic mass is 9.96. The lowest BCUT2D eigenvalue weighted by Crippen LogP contribution is -2.36. The third-order valence-electron chi connectivity index (χ3n) is 3.59. The van der Waals surface area contributed by atoms with Crippen LogP contribution in [-0.4, -0.2) is 36.9 Å². The minimum absolute atomic E-state index is 0.00410. The maximum atomic E-state index is 12.2. The van der Waals surface area contributed by atoms with Crippen LogP contribution in [0.1, 0.15) is 23.2 Å². The van der Waals surface area contributed by atoms with Gasteiger partial charge in [-0.3, -0.25) is 9.59 Å². The van der Waals surface area contributed by atoms with Crippen molar-refractivity contribution < 1.29 is 9.59 Å². The van der Waals surface area contributed by atoms with E-state index in [4.69, 9.17) is 5.73 Å². The summed E-state index contributed by atoms with van der Waals surface area (Å²) in [5.41, 5.74) is 6.13. The van der Waals surface area contributed by atoms with Crippen LogP contribution < -0.4 is 11.1 Å². The fourth-order valence-electron chi connectivity index (χ4n) is 2.33. The number of carbonyl (C=O) groups excluding carboxylic acids is 2. The highest BCUT2D eigenvalue weighted by atomic mass is 79.9. The van der Waals surface area contributed by atoms with E-state index in [1.54, 1.807) is 18.2 Å². The molecule has 0 aliphatic carbocycles. The fourth-order valence-corrected chi connectivity index (χ4v) is 2.70. The molecule has 0 radical (unpaired) electrons. The smallest absolute Gasteiger partial charge is 0.250 e. The van der Waals surface area contributed by atoms with Crippen molar-refractivity contribution >= 4 is 33.4 Å². The molecular weight excluding hydrogens is 322 g/mol. The summed E-state index contributed by atoms with van der Waals surface area (Å²) in [6.07, 6.45) is 1.68. The van der Waals surface area contributed by atoms with Crippen molar-refractivity contribution in [1.29, 1.82) is 0 Å². The zero-order chi connectivity index (χ0) is 14.7. The average Bonchev–Trinajstić information content (AvgIpc) is 2.41.